The van der Waals surface area contributed by atoms with Gasteiger partial charge in [-0.2, -0.15) is 0 Å². The number of hydrogen-bond acceptors (Lipinski definition) is 9. The third kappa shape index (κ3) is 7.08. The molecule has 2 aliphatic rings. The summed E-state index contributed by atoms with van der Waals surface area (Å²) in [7, 11) is 1.38. The second kappa shape index (κ2) is 14.5. The van der Waals surface area contributed by atoms with E-state index in [2.05, 4.69) is 17.0 Å². The predicted molar refractivity (Wildman–Crippen MR) is 170 cm³/mol. The Morgan fingerprint density at radius 3 is 2.55 bits per heavy atom. The predicted octanol–water partition coefficient (Wildman–Crippen LogP) is 6.50. The van der Waals surface area contributed by atoms with Gasteiger partial charge in [-0.25, -0.2) is 0 Å². The molecule has 3 heterocycles. The lowest BCUT2D eigenvalue weighted by Crippen LogP contribution is -2.25. The van der Waals surface area contributed by atoms with Crippen molar-refractivity contribution in [3.63, 3.8) is 0 Å². The van der Waals surface area contributed by atoms with Crippen molar-refractivity contribution in [1.29, 1.82) is 0 Å². The van der Waals surface area contributed by atoms with Gasteiger partial charge in [0.25, 0.3) is 0 Å². The molecular formula is C35H39NO7S. The van der Waals surface area contributed by atoms with E-state index in [9.17, 15) is 9.90 Å². The molecule has 0 bridgehead atoms. The minimum absolute atomic E-state index is 0.262. The van der Waals surface area contributed by atoms with Gasteiger partial charge < -0.3 is 28.8 Å². The molecule has 9 heteroatoms. The van der Waals surface area contributed by atoms with Crippen molar-refractivity contribution in [3.8, 4) is 21.9 Å². The van der Waals surface area contributed by atoms with Crippen LogP contribution in [0.15, 0.2) is 66.7 Å². The van der Waals surface area contributed by atoms with Crippen molar-refractivity contribution in [1.82, 2.24) is 4.90 Å². The number of methoxy groups -OCH3 is 1. The summed E-state index contributed by atoms with van der Waals surface area (Å²) in [5.41, 5.74) is 3.39. The lowest BCUT2D eigenvalue weighted by molar-refractivity contribution is -0.140. The van der Waals surface area contributed by atoms with Crippen LogP contribution in [0.5, 0.6) is 11.5 Å². The summed E-state index contributed by atoms with van der Waals surface area (Å²) in [6, 6.07) is 21.9. The van der Waals surface area contributed by atoms with Gasteiger partial charge in [0.2, 0.25) is 0 Å². The van der Waals surface area contributed by atoms with Gasteiger partial charge in [0.15, 0.2) is 6.29 Å². The van der Waals surface area contributed by atoms with Crippen LogP contribution in [0, 0.1) is 0 Å². The van der Waals surface area contributed by atoms with Gasteiger partial charge in [0.1, 0.15) is 24.2 Å². The van der Waals surface area contributed by atoms with E-state index in [4.69, 9.17) is 23.7 Å². The maximum atomic E-state index is 11.8. The van der Waals surface area contributed by atoms with Crippen LogP contribution in [-0.2, 0) is 19.0 Å². The summed E-state index contributed by atoms with van der Waals surface area (Å²) >= 11 is 1.65. The number of ether oxygens (including phenoxy) is 5. The molecule has 0 amide bonds. The molecule has 0 aliphatic carbocycles. The number of hydrogen-bond donors (Lipinski definition) is 1. The SMILES string of the molecule is COC(=O)CCCOc1ccc(-c2sc3ccccc3c2C(O)c2ccc(OCCN3CCCC3)cc2)cc1C1OCCO1. The van der Waals surface area contributed by atoms with Crippen LogP contribution in [-0.4, -0.2) is 69.1 Å². The molecule has 44 heavy (non-hydrogen) atoms. The van der Waals surface area contributed by atoms with Crippen molar-refractivity contribution in [2.24, 2.45) is 0 Å². The van der Waals surface area contributed by atoms with Crippen LogP contribution in [0.4, 0.5) is 0 Å². The summed E-state index contributed by atoms with van der Waals surface area (Å²) in [4.78, 5) is 14.9. The maximum absolute atomic E-state index is 11.8. The number of carbonyl (C=O) groups is 1. The standard InChI is InChI=1S/C35H39NO7S/c1-39-31(37)9-6-19-41-29-15-12-25(23-28(29)35-42-21-22-43-35)34-32(27-7-2-3-8-30(27)44-34)33(38)24-10-13-26(14-11-24)40-20-18-36-16-4-5-17-36/h2-3,7-8,10-15,23,33,35,38H,4-6,9,16-22H2,1H3. The minimum Gasteiger partial charge on any atom is -0.493 e. The minimum atomic E-state index is -0.837. The number of thiophene rings is 1. The molecular weight excluding hydrogens is 578 g/mol. The first-order valence-corrected chi connectivity index (χ1v) is 16.1. The third-order valence-electron chi connectivity index (χ3n) is 8.14. The zero-order valence-electron chi connectivity index (χ0n) is 25.0. The Morgan fingerprint density at radius 2 is 1.77 bits per heavy atom. The first kappa shape index (κ1) is 30.6. The second-order valence-corrected chi connectivity index (χ2v) is 12.1. The fourth-order valence-electron chi connectivity index (χ4n) is 5.81. The number of aliphatic hydroxyl groups excluding tert-OH is 1. The van der Waals surface area contributed by atoms with Crippen LogP contribution in [0.2, 0.25) is 0 Å². The summed E-state index contributed by atoms with van der Waals surface area (Å²) in [6.45, 7) is 5.26. The normalized spacial score (nSPS) is 16.4. The number of nitrogens with zero attached hydrogens (tertiary/aromatic N) is 1. The second-order valence-electron chi connectivity index (χ2n) is 11.1. The molecule has 8 nitrogen and oxygen atoms in total. The molecule has 0 radical (unpaired) electrons. The Bertz CT molecular complexity index is 1540. The zero-order chi connectivity index (χ0) is 30.3. The topological polar surface area (TPSA) is 86.7 Å². The first-order valence-electron chi connectivity index (χ1n) is 15.3. The van der Waals surface area contributed by atoms with Crippen molar-refractivity contribution in [3.05, 3.63) is 83.4 Å². The zero-order valence-corrected chi connectivity index (χ0v) is 25.9. The van der Waals surface area contributed by atoms with Gasteiger partial charge in [0, 0.05) is 28.1 Å². The highest BCUT2D eigenvalue weighted by molar-refractivity contribution is 7.22. The number of fused-ring (bicyclic) bond motifs is 1. The lowest BCUT2D eigenvalue weighted by Gasteiger charge is -2.18. The molecule has 1 atom stereocenters. The van der Waals surface area contributed by atoms with Gasteiger partial charge >= 0.3 is 5.97 Å². The van der Waals surface area contributed by atoms with E-state index in [0.29, 0.717) is 38.6 Å². The molecule has 1 aromatic heterocycles. The monoisotopic (exact) mass is 617 g/mol. The van der Waals surface area contributed by atoms with E-state index in [0.717, 1.165) is 62.6 Å². The van der Waals surface area contributed by atoms with E-state index in [1.54, 1.807) is 11.3 Å². The van der Waals surface area contributed by atoms with Crippen LogP contribution in [0.25, 0.3) is 20.5 Å². The quantitative estimate of drug-likeness (QED) is 0.134. The Hall–Kier alpha value is -3.47. The molecule has 6 rings (SSSR count). The molecule has 2 aliphatic heterocycles. The Morgan fingerprint density at radius 1 is 1.00 bits per heavy atom. The van der Waals surface area contributed by atoms with E-state index in [1.807, 2.05) is 54.6 Å². The summed E-state index contributed by atoms with van der Waals surface area (Å²) in [5.74, 6) is 1.19. The van der Waals surface area contributed by atoms with Crippen LogP contribution < -0.4 is 9.47 Å². The number of rotatable bonds is 13. The molecule has 3 aromatic carbocycles. The molecule has 1 N–H and O–H groups in total. The highest BCUT2D eigenvalue weighted by Crippen LogP contribution is 2.45. The molecule has 232 valence electrons. The number of aliphatic hydroxyl groups is 1. The molecule has 1 unspecified atom stereocenters. The Balaban J connectivity index is 1.26. The van der Waals surface area contributed by atoms with Crippen LogP contribution >= 0.6 is 11.3 Å². The average molecular weight is 618 g/mol. The van der Waals surface area contributed by atoms with Gasteiger partial charge in [-0.3, -0.25) is 9.69 Å². The molecule has 2 saturated heterocycles. The smallest absolute Gasteiger partial charge is 0.305 e. The summed E-state index contributed by atoms with van der Waals surface area (Å²) in [5, 5.41) is 12.8. The van der Waals surface area contributed by atoms with Crippen LogP contribution in [0.3, 0.4) is 0 Å². The highest BCUT2D eigenvalue weighted by atomic mass is 32.1. The molecule has 4 aromatic rings. The van der Waals surface area contributed by atoms with Crippen molar-refractivity contribution in [2.45, 2.75) is 38.1 Å². The van der Waals surface area contributed by atoms with E-state index >= 15 is 0 Å². The number of carbonyl (C=O) groups excluding carboxylic acids is 1. The largest absolute Gasteiger partial charge is 0.493 e. The van der Waals surface area contributed by atoms with Crippen molar-refractivity contribution < 1.29 is 33.6 Å². The Kier molecular flexibility index (Phi) is 10.1. The van der Waals surface area contributed by atoms with Crippen LogP contribution in [0.1, 0.15) is 54.8 Å². The fourth-order valence-corrected chi connectivity index (χ4v) is 7.04. The Labute approximate surface area is 262 Å². The third-order valence-corrected chi connectivity index (χ3v) is 9.37. The van der Waals surface area contributed by atoms with Gasteiger partial charge in [0.05, 0.1) is 32.5 Å². The van der Waals surface area contributed by atoms with Gasteiger partial charge in [-0.05, 0) is 85.3 Å². The van der Waals surface area contributed by atoms with E-state index < -0.39 is 12.4 Å². The van der Waals surface area contributed by atoms with Crippen molar-refractivity contribution in [2.75, 3.05) is 53.2 Å². The van der Waals surface area contributed by atoms with Gasteiger partial charge in [-0.15, -0.1) is 11.3 Å². The van der Waals surface area contributed by atoms with Crippen molar-refractivity contribution >= 4 is 27.4 Å². The average Bonchev–Trinajstić information content (AvgIpc) is 3.85. The highest BCUT2D eigenvalue weighted by Gasteiger charge is 2.26. The summed E-state index contributed by atoms with van der Waals surface area (Å²) in [6.07, 6.45) is 1.98. The summed E-state index contributed by atoms with van der Waals surface area (Å²) < 4.78 is 29.7. The first-order chi connectivity index (χ1) is 21.6. The number of esters is 1. The fraction of sp³-hybridized carbons (Fsp3) is 0.400. The number of likely N-dealkylation sites (tertiary alicyclic amines) is 1. The maximum Gasteiger partial charge on any atom is 0.305 e. The molecule has 0 saturated carbocycles. The lowest BCUT2D eigenvalue weighted by atomic mass is 9.95. The molecule has 0 spiro atoms. The number of benzene rings is 3. The van der Waals surface area contributed by atoms with E-state index in [1.165, 1.54) is 20.0 Å². The molecule has 2 fully saturated rings. The van der Waals surface area contributed by atoms with Gasteiger partial charge in [-0.1, -0.05) is 30.3 Å². The van der Waals surface area contributed by atoms with E-state index in [-0.39, 0.29) is 12.4 Å².